The van der Waals surface area contributed by atoms with Gasteiger partial charge in [-0.15, -0.1) is 11.3 Å². The van der Waals surface area contributed by atoms with Crippen LogP contribution in [0, 0.1) is 0 Å². The minimum Gasteiger partial charge on any atom is -0.350 e. The maximum absolute atomic E-state index is 13.0. The number of pyridine rings is 1. The van der Waals surface area contributed by atoms with Gasteiger partial charge in [-0.2, -0.15) is 4.98 Å². The molecule has 0 saturated carbocycles. The fourth-order valence-corrected chi connectivity index (χ4v) is 4.01. The number of nitrogens with one attached hydrogen (secondary N) is 1. The predicted molar refractivity (Wildman–Crippen MR) is 106 cm³/mol. The lowest BCUT2D eigenvalue weighted by molar-refractivity contribution is 0.103. The van der Waals surface area contributed by atoms with E-state index < -0.39 is 0 Å². The molecule has 4 rings (SSSR count). The molecule has 1 N–H and O–H groups in total. The average Bonchev–Trinajstić information content (AvgIpc) is 3.29. The van der Waals surface area contributed by atoms with Gasteiger partial charge < -0.3 is 9.88 Å². The summed E-state index contributed by atoms with van der Waals surface area (Å²) in [5.41, 5.74) is 2.09. The quantitative estimate of drug-likeness (QED) is 0.486. The molecule has 0 spiro atoms. The molecule has 0 aliphatic heterocycles. The number of aryl methyl sites for hydroxylation is 1. The highest BCUT2D eigenvalue weighted by atomic mass is 79.9. The predicted octanol–water partition coefficient (Wildman–Crippen LogP) is 4.03. The summed E-state index contributed by atoms with van der Waals surface area (Å²) in [6, 6.07) is 7.51. The number of carbonyl (C=O) groups excluding carboxylic acids is 1. The van der Waals surface area contributed by atoms with Gasteiger partial charge in [0.25, 0.3) is 0 Å². The number of anilines is 1. The number of hydrogen-bond donors (Lipinski definition) is 1. The van der Waals surface area contributed by atoms with E-state index in [0.717, 1.165) is 15.4 Å². The first-order chi connectivity index (χ1) is 12.6. The van der Waals surface area contributed by atoms with Crippen molar-refractivity contribution in [3.8, 4) is 0 Å². The van der Waals surface area contributed by atoms with Crippen LogP contribution < -0.4 is 5.32 Å². The lowest BCUT2D eigenvalue weighted by atomic mass is 10.2. The zero-order valence-electron chi connectivity index (χ0n) is 13.8. The van der Waals surface area contributed by atoms with E-state index >= 15 is 0 Å². The van der Waals surface area contributed by atoms with Crippen LogP contribution in [0.3, 0.4) is 0 Å². The SMILES string of the molecule is Cn1cc(Br)c2c(C(=O)c3cccs3)nc(NCc3cccnc3)nc21. The summed E-state index contributed by atoms with van der Waals surface area (Å²) in [7, 11) is 1.89. The summed E-state index contributed by atoms with van der Waals surface area (Å²) in [5, 5.41) is 5.79. The Kier molecular flexibility index (Phi) is 4.52. The van der Waals surface area contributed by atoms with Crippen LogP contribution in [0.2, 0.25) is 0 Å². The van der Waals surface area contributed by atoms with Crippen LogP contribution in [0.15, 0.2) is 52.7 Å². The van der Waals surface area contributed by atoms with E-state index in [0.29, 0.717) is 28.7 Å². The van der Waals surface area contributed by atoms with Gasteiger partial charge >= 0.3 is 0 Å². The van der Waals surface area contributed by atoms with Gasteiger partial charge in [-0.3, -0.25) is 9.78 Å². The van der Waals surface area contributed by atoms with Crippen molar-refractivity contribution in [2.24, 2.45) is 7.05 Å². The Morgan fingerprint density at radius 1 is 1.31 bits per heavy atom. The Morgan fingerprint density at radius 2 is 2.19 bits per heavy atom. The molecule has 0 radical (unpaired) electrons. The van der Waals surface area contributed by atoms with E-state index in [4.69, 9.17) is 0 Å². The molecule has 26 heavy (non-hydrogen) atoms. The van der Waals surface area contributed by atoms with Crippen molar-refractivity contribution in [2.75, 3.05) is 5.32 Å². The molecule has 130 valence electrons. The Balaban J connectivity index is 1.77. The number of halogens is 1. The molecule has 0 fully saturated rings. The number of ketones is 1. The van der Waals surface area contributed by atoms with E-state index in [1.165, 1.54) is 11.3 Å². The molecular weight excluding hydrogens is 414 g/mol. The van der Waals surface area contributed by atoms with Gasteiger partial charge in [0.1, 0.15) is 11.3 Å². The van der Waals surface area contributed by atoms with E-state index in [2.05, 4.69) is 36.2 Å². The molecule has 4 heterocycles. The van der Waals surface area contributed by atoms with Crippen LogP contribution in [0.1, 0.15) is 20.9 Å². The molecule has 0 unspecified atom stereocenters. The molecule has 8 heteroatoms. The van der Waals surface area contributed by atoms with Crippen LogP contribution in [0.25, 0.3) is 11.0 Å². The van der Waals surface area contributed by atoms with Crippen molar-refractivity contribution in [2.45, 2.75) is 6.54 Å². The third-order valence-electron chi connectivity index (χ3n) is 3.90. The highest BCUT2D eigenvalue weighted by molar-refractivity contribution is 9.10. The largest absolute Gasteiger partial charge is 0.350 e. The Bertz CT molecular complexity index is 1080. The van der Waals surface area contributed by atoms with Crippen molar-refractivity contribution < 1.29 is 4.79 Å². The van der Waals surface area contributed by atoms with Gasteiger partial charge in [0.05, 0.1) is 10.3 Å². The Morgan fingerprint density at radius 3 is 2.92 bits per heavy atom. The van der Waals surface area contributed by atoms with Crippen LogP contribution in [-0.2, 0) is 13.6 Å². The van der Waals surface area contributed by atoms with Gasteiger partial charge in [-0.25, -0.2) is 4.98 Å². The van der Waals surface area contributed by atoms with Crippen molar-refractivity contribution in [1.29, 1.82) is 0 Å². The third kappa shape index (κ3) is 3.13. The average molecular weight is 428 g/mol. The summed E-state index contributed by atoms with van der Waals surface area (Å²) >= 11 is 4.92. The van der Waals surface area contributed by atoms with Crippen molar-refractivity contribution in [3.63, 3.8) is 0 Å². The summed E-state index contributed by atoms with van der Waals surface area (Å²) in [6.07, 6.45) is 5.39. The zero-order valence-corrected chi connectivity index (χ0v) is 16.2. The highest BCUT2D eigenvalue weighted by Crippen LogP contribution is 2.30. The van der Waals surface area contributed by atoms with Crippen molar-refractivity contribution in [3.05, 3.63) is 68.8 Å². The van der Waals surface area contributed by atoms with Gasteiger partial charge in [-0.05, 0) is 39.0 Å². The summed E-state index contributed by atoms with van der Waals surface area (Å²) < 4.78 is 2.68. The fourth-order valence-electron chi connectivity index (χ4n) is 2.67. The second-order valence-corrected chi connectivity index (χ2v) is 7.51. The van der Waals surface area contributed by atoms with Crippen molar-refractivity contribution in [1.82, 2.24) is 19.5 Å². The number of fused-ring (bicyclic) bond motifs is 1. The van der Waals surface area contributed by atoms with Crippen LogP contribution in [0.5, 0.6) is 0 Å². The number of carbonyl (C=O) groups is 1. The molecule has 0 amide bonds. The minimum atomic E-state index is -0.108. The normalized spacial score (nSPS) is 11.0. The van der Waals surface area contributed by atoms with E-state index in [9.17, 15) is 4.79 Å². The van der Waals surface area contributed by atoms with E-state index in [1.54, 1.807) is 18.5 Å². The van der Waals surface area contributed by atoms with Crippen LogP contribution in [-0.4, -0.2) is 25.3 Å². The first-order valence-electron chi connectivity index (χ1n) is 7.87. The smallest absolute Gasteiger partial charge is 0.225 e. The van der Waals surface area contributed by atoms with Gasteiger partial charge in [0.2, 0.25) is 11.7 Å². The maximum atomic E-state index is 13.0. The highest BCUT2D eigenvalue weighted by Gasteiger charge is 2.21. The number of thiophene rings is 1. The number of hydrogen-bond acceptors (Lipinski definition) is 6. The molecule has 0 atom stereocenters. The molecular formula is C18H14BrN5OS. The topological polar surface area (TPSA) is 72.7 Å². The number of rotatable bonds is 5. The monoisotopic (exact) mass is 427 g/mol. The molecule has 6 nitrogen and oxygen atoms in total. The molecule has 4 aromatic rings. The lowest BCUT2D eigenvalue weighted by Crippen LogP contribution is -2.10. The molecule has 0 aromatic carbocycles. The maximum Gasteiger partial charge on any atom is 0.225 e. The third-order valence-corrected chi connectivity index (χ3v) is 5.37. The molecule has 0 aliphatic carbocycles. The molecule has 4 aromatic heterocycles. The van der Waals surface area contributed by atoms with E-state index in [-0.39, 0.29) is 5.78 Å². The molecule has 0 saturated heterocycles. The van der Waals surface area contributed by atoms with Gasteiger partial charge in [0.15, 0.2) is 0 Å². The molecule has 0 bridgehead atoms. The van der Waals surface area contributed by atoms with Gasteiger partial charge in [-0.1, -0.05) is 12.1 Å². The second-order valence-electron chi connectivity index (χ2n) is 5.70. The summed E-state index contributed by atoms with van der Waals surface area (Å²) in [5.74, 6) is 0.304. The minimum absolute atomic E-state index is 0.108. The number of nitrogens with zero attached hydrogens (tertiary/aromatic N) is 4. The summed E-state index contributed by atoms with van der Waals surface area (Å²) in [4.78, 5) is 26.8. The van der Waals surface area contributed by atoms with Crippen LogP contribution in [0.4, 0.5) is 5.95 Å². The first kappa shape index (κ1) is 16.9. The summed E-state index contributed by atoms with van der Waals surface area (Å²) in [6.45, 7) is 0.525. The van der Waals surface area contributed by atoms with Crippen molar-refractivity contribution >= 4 is 50.0 Å². The standard InChI is InChI=1S/C18H14BrN5OS/c1-24-10-12(19)14-15(16(25)13-5-3-7-26-13)22-18(23-17(14)24)21-9-11-4-2-6-20-8-11/h2-8,10H,9H2,1H3,(H,21,22,23). The first-order valence-corrected chi connectivity index (χ1v) is 9.54. The second kappa shape index (κ2) is 6.97. The number of aromatic nitrogens is 4. The van der Waals surface area contributed by atoms with Crippen LogP contribution >= 0.6 is 27.3 Å². The lowest BCUT2D eigenvalue weighted by Gasteiger charge is -2.08. The van der Waals surface area contributed by atoms with E-state index in [1.807, 2.05) is 41.4 Å². The van der Waals surface area contributed by atoms with Gasteiger partial charge in [0, 0.05) is 36.7 Å². The Hall–Kier alpha value is -2.58. The Labute approximate surface area is 162 Å². The fraction of sp³-hybridized carbons (Fsp3) is 0.111. The zero-order chi connectivity index (χ0) is 18.1. The molecule has 0 aliphatic rings.